The number of nitrogens with one attached hydrogen (secondary N) is 1. The Balaban J connectivity index is 2.12. The van der Waals surface area contributed by atoms with Gasteiger partial charge in [-0.3, -0.25) is 9.10 Å². The Morgan fingerprint density at radius 1 is 1.00 bits per heavy atom. The highest BCUT2D eigenvalue weighted by atomic mass is 32.2. The third kappa shape index (κ3) is 5.32. The Labute approximate surface area is 149 Å². The zero-order chi connectivity index (χ0) is 18.7. The van der Waals surface area contributed by atoms with Gasteiger partial charge in [-0.15, -0.1) is 0 Å². The lowest BCUT2D eigenvalue weighted by Crippen LogP contribution is -2.37. The van der Waals surface area contributed by atoms with Crippen LogP contribution in [0.3, 0.4) is 0 Å². The maximum absolute atomic E-state index is 12.3. The fourth-order valence-electron chi connectivity index (χ4n) is 2.38. The summed E-state index contributed by atoms with van der Waals surface area (Å²) in [7, 11) is -3.56. The highest BCUT2D eigenvalue weighted by molar-refractivity contribution is 7.92. The highest BCUT2D eigenvalue weighted by Gasteiger charge is 2.21. The third-order valence-electron chi connectivity index (χ3n) is 3.77. The molecule has 0 atom stereocenters. The van der Waals surface area contributed by atoms with Gasteiger partial charge in [0.1, 0.15) is 6.54 Å². The largest absolute Gasteiger partial charge is 0.325 e. The number of sulfonamides is 1. The molecule has 6 heteroatoms. The fraction of sp³-hybridized carbons (Fsp3) is 0.316. The van der Waals surface area contributed by atoms with E-state index < -0.39 is 15.9 Å². The number of nitrogens with zero attached hydrogens (tertiary/aromatic N) is 1. The predicted molar refractivity (Wildman–Crippen MR) is 102 cm³/mol. The molecule has 5 nitrogen and oxygen atoms in total. The van der Waals surface area contributed by atoms with E-state index in [4.69, 9.17) is 0 Å². The van der Waals surface area contributed by atoms with Gasteiger partial charge in [0.25, 0.3) is 0 Å². The lowest BCUT2D eigenvalue weighted by Gasteiger charge is -2.22. The summed E-state index contributed by atoms with van der Waals surface area (Å²) in [6.07, 6.45) is 1.09. The molecule has 0 fully saturated rings. The highest BCUT2D eigenvalue weighted by Crippen LogP contribution is 2.23. The van der Waals surface area contributed by atoms with Crippen molar-refractivity contribution >= 4 is 27.3 Å². The Morgan fingerprint density at radius 2 is 1.56 bits per heavy atom. The minimum absolute atomic E-state index is 0.0307. The van der Waals surface area contributed by atoms with Gasteiger partial charge in [-0.25, -0.2) is 8.42 Å². The van der Waals surface area contributed by atoms with Crippen molar-refractivity contribution in [2.75, 3.05) is 22.4 Å². The normalized spacial score (nSPS) is 11.8. The van der Waals surface area contributed by atoms with Crippen LogP contribution in [0.1, 0.15) is 26.3 Å². The maximum atomic E-state index is 12.3. The zero-order valence-electron chi connectivity index (χ0n) is 15.0. The van der Waals surface area contributed by atoms with Crippen molar-refractivity contribution in [1.82, 2.24) is 0 Å². The van der Waals surface area contributed by atoms with Crippen LogP contribution in [0.2, 0.25) is 0 Å². The van der Waals surface area contributed by atoms with Crippen molar-refractivity contribution in [3.05, 3.63) is 60.2 Å². The van der Waals surface area contributed by atoms with Crippen LogP contribution < -0.4 is 9.62 Å². The molecule has 0 heterocycles. The summed E-state index contributed by atoms with van der Waals surface area (Å²) in [6, 6.07) is 16.1. The molecule has 25 heavy (non-hydrogen) atoms. The second-order valence-electron chi connectivity index (χ2n) is 6.98. The SMILES string of the molecule is CC(C)(C)c1ccc(NC(=O)CN(c2ccccc2)S(C)(=O)=O)cc1. The van der Waals surface area contributed by atoms with Gasteiger partial charge >= 0.3 is 0 Å². The van der Waals surface area contributed by atoms with E-state index in [1.165, 1.54) is 0 Å². The van der Waals surface area contributed by atoms with Crippen molar-refractivity contribution in [1.29, 1.82) is 0 Å². The van der Waals surface area contributed by atoms with E-state index in [-0.39, 0.29) is 12.0 Å². The summed E-state index contributed by atoms with van der Waals surface area (Å²) < 4.78 is 25.1. The number of hydrogen-bond acceptors (Lipinski definition) is 3. The molecule has 0 saturated heterocycles. The number of amides is 1. The fourth-order valence-corrected chi connectivity index (χ4v) is 3.24. The Bertz CT molecular complexity index is 823. The Morgan fingerprint density at radius 3 is 2.04 bits per heavy atom. The smallest absolute Gasteiger partial charge is 0.245 e. The molecule has 2 aromatic carbocycles. The molecule has 1 amide bonds. The number of hydrogen-bond donors (Lipinski definition) is 1. The van der Waals surface area contributed by atoms with Gasteiger partial charge in [0.2, 0.25) is 15.9 Å². The van der Waals surface area contributed by atoms with Crippen LogP contribution in [0.4, 0.5) is 11.4 Å². The first kappa shape index (κ1) is 19.0. The lowest BCUT2D eigenvalue weighted by atomic mass is 9.87. The minimum atomic E-state index is -3.56. The average Bonchev–Trinajstić information content (AvgIpc) is 2.52. The van der Waals surface area contributed by atoms with Crippen LogP contribution in [-0.2, 0) is 20.2 Å². The molecule has 1 N–H and O–H groups in total. The number of rotatable bonds is 5. The summed E-state index contributed by atoms with van der Waals surface area (Å²) in [5.74, 6) is -0.391. The van der Waals surface area contributed by atoms with Gasteiger partial charge < -0.3 is 5.32 Å². The summed E-state index contributed by atoms with van der Waals surface area (Å²) in [5, 5.41) is 2.75. The van der Waals surface area contributed by atoms with E-state index >= 15 is 0 Å². The summed E-state index contributed by atoms with van der Waals surface area (Å²) in [6.45, 7) is 6.07. The van der Waals surface area contributed by atoms with Gasteiger partial charge in [0.15, 0.2) is 0 Å². The maximum Gasteiger partial charge on any atom is 0.245 e. The minimum Gasteiger partial charge on any atom is -0.325 e. The van der Waals surface area contributed by atoms with Crippen LogP contribution in [0, 0.1) is 0 Å². The van der Waals surface area contributed by atoms with Crippen LogP contribution in [0.5, 0.6) is 0 Å². The van der Waals surface area contributed by atoms with E-state index in [1.54, 1.807) is 30.3 Å². The first-order valence-corrected chi connectivity index (χ1v) is 9.85. The van der Waals surface area contributed by atoms with Crippen molar-refractivity contribution < 1.29 is 13.2 Å². The van der Waals surface area contributed by atoms with Gasteiger partial charge in [-0.2, -0.15) is 0 Å². The third-order valence-corrected chi connectivity index (χ3v) is 4.91. The van der Waals surface area contributed by atoms with Gasteiger partial charge in [0.05, 0.1) is 11.9 Å². The number of benzene rings is 2. The van der Waals surface area contributed by atoms with E-state index in [0.29, 0.717) is 11.4 Å². The van der Waals surface area contributed by atoms with Crippen LogP contribution in [0.15, 0.2) is 54.6 Å². The second-order valence-corrected chi connectivity index (χ2v) is 8.89. The van der Waals surface area contributed by atoms with Crippen molar-refractivity contribution in [3.63, 3.8) is 0 Å². The van der Waals surface area contributed by atoms with Crippen molar-refractivity contribution in [2.45, 2.75) is 26.2 Å². The molecule has 0 unspecified atom stereocenters. The number of carbonyl (C=O) groups is 1. The molecule has 0 aliphatic carbocycles. The predicted octanol–water partition coefficient (Wildman–Crippen LogP) is 3.39. The number of carbonyl (C=O) groups excluding carboxylic acids is 1. The van der Waals surface area contributed by atoms with Crippen molar-refractivity contribution in [3.8, 4) is 0 Å². The molecule has 2 aromatic rings. The van der Waals surface area contributed by atoms with Crippen molar-refractivity contribution in [2.24, 2.45) is 0 Å². The molecular formula is C19H24N2O3S. The number of para-hydroxylation sites is 1. The average molecular weight is 360 g/mol. The van der Waals surface area contributed by atoms with Gasteiger partial charge in [0, 0.05) is 5.69 Å². The molecule has 0 spiro atoms. The van der Waals surface area contributed by atoms with Gasteiger partial charge in [-0.1, -0.05) is 51.1 Å². The topological polar surface area (TPSA) is 66.5 Å². The molecule has 0 saturated carbocycles. The molecule has 2 rings (SSSR count). The first-order chi connectivity index (χ1) is 11.6. The summed E-state index contributed by atoms with van der Waals surface area (Å²) in [5.41, 5.74) is 2.29. The summed E-state index contributed by atoms with van der Waals surface area (Å²) in [4.78, 5) is 12.3. The number of anilines is 2. The Hall–Kier alpha value is -2.34. The monoisotopic (exact) mass is 360 g/mol. The van der Waals surface area contributed by atoms with Gasteiger partial charge in [-0.05, 0) is 35.2 Å². The van der Waals surface area contributed by atoms with E-state index in [1.807, 2.05) is 24.3 Å². The van der Waals surface area contributed by atoms with E-state index in [0.717, 1.165) is 16.1 Å². The zero-order valence-corrected chi connectivity index (χ0v) is 15.8. The first-order valence-electron chi connectivity index (χ1n) is 8.00. The molecule has 0 aliphatic heterocycles. The molecule has 0 bridgehead atoms. The lowest BCUT2D eigenvalue weighted by molar-refractivity contribution is -0.114. The second kappa shape index (κ2) is 7.27. The van der Waals surface area contributed by atoms with Crippen LogP contribution in [0.25, 0.3) is 0 Å². The van der Waals surface area contributed by atoms with E-state index in [2.05, 4.69) is 26.1 Å². The van der Waals surface area contributed by atoms with Crippen LogP contribution >= 0.6 is 0 Å². The standard InChI is InChI=1S/C19H24N2O3S/c1-19(2,3)15-10-12-16(13-11-15)20-18(22)14-21(25(4,23)24)17-8-6-5-7-9-17/h5-13H,14H2,1-4H3,(H,20,22). The molecule has 0 aromatic heterocycles. The quantitative estimate of drug-likeness (QED) is 0.889. The van der Waals surface area contributed by atoms with E-state index in [9.17, 15) is 13.2 Å². The molecule has 0 radical (unpaired) electrons. The van der Waals surface area contributed by atoms with Crippen LogP contribution in [-0.4, -0.2) is 27.1 Å². The summed E-state index contributed by atoms with van der Waals surface area (Å²) >= 11 is 0. The molecular weight excluding hydrogens is 336 g/mol. The molecule has 134 valence electrons. The Kier molecular flexibility index (Phi) is 5.52. The molecule has 0 aliphatic rings.